The summed E-state index contributed by atoms with van der Waals surface area (Å²) in [7, 11) is 1.54. The van der Waals surface area contributed by atoms with Gasteiger partial charge >= 0.3 is 6.09 Å². The molecule has 140 valence electrons. The summed E-state index contributed by atoms with van der Waals surface area (Å²) in [5.74, 6) is 0.814. The van der Waals surface area contributed by atoms with Crippen molar-refractivity contribution in [3.63, 3.8) is 0 Å². The zero-order valence-electron chi connectivity index (χ0n) is 15.7. The van der Waals surface area contributed by atoms with Gasteiger partial charge in [0.15, 0.2) is 5.82 Å². The molecule has 1 fully saturated rings. The fraction of sp³-hybridized carbons (Fsp3) is 0.765. The van der Waals surface area contributed by atoms with Crippen molar-refractivity contribution in [2.75, 3.05) is 13.6 Å². The quantitative estimate of drug-likeness (QED) is 0.874. The molecule has 0 atom stereocenters. The van der Waals surface area contributed by atoms with Crippen LogP contribution in [-0.2, 0) is 21.5 Å². The van der Waals surface area contributed by atoms with Gasteiger partial charge in [0.1, 0.15) is 17.7 Å². The molecule has 1 aromatic rings. The van der Waals surface area contributed by atoms with E-state index in [0.29, 0.717) is 18.1 Å². The minimum Gasteiger partial charge on any atom is -0.444 e. The number of hydrogen-bond acceptors (Lipinski definition) is 6. The highest BCUT2D eigenvalue weighted by molar-refractivity contribution is 5.82. The van der Waals surface area contributed by atoms with Crippen molar-refractivity contribution in [1.29, 1.82) is 0 Å². The van der Waals surface area contributed by atoms with Crippen molar-refractivity contribution >= 4 is 12.0 Å². The Balaban J connectivity index is 2.02. The second kappa shape index (κ2) is 7.41. The maximum absolute atomic E-state index is 12.5. The number of likely N-dealkylation sites (N-methyl/N-ethyl adjacent to an activating group) is 1. The van der Waals surface area contributed by atoms with E-state index in [1.165, 1.54) is 4.90 Å². The maximum Gasteiger partial charge on any atom is 0.410 e. The molecular weight excluding hydrogens is 324 g/mol. The van der Waals surface area contributed by atoms with Crippen molar-refractivity contribution < 1.29 is 18.8 Å². The average Bonchev–Trinajstić information content (AvgIpc) is 3.14. The Morgan fingerprint density at radius 2 is 1.96 bits per heavy atom. The molecule has 0 spiro atoms. The van der Waals surface area contributed by atoms with E-state index in [1.54, 1.807) is 27.8 Å². The summed E-state index contributed by atoms with van der Waals surface area (Å²) in [6.45, 7) is 7.21. The third kappa shape index (κ3) is 4.93. The highest BCUT2D eigenvalue weighted by atomic mass is 16.6. The van der Waals surface area contributed by atoms with Gasteiger partial charge in [0.25, 0.3) is 0 Å². The van der Waals surface area contributed by atoms with E-state index in [9.17, 15) is 9.59 Å². The smallest absolute Gasteiger partial charge is 0.410 e. The van der Waals surface area contributed by atoms with Gasteiger partial charge in [-0.2, -0.15) is 4.98 Å². The summed E-state index contributed by atoms with van der Waals surface area (Å²) >= 11 is 0. The lowest BCUT2D eigenvalue weighted by molar-refractivity contribution is -0.124. The zero-order chi connectivity index (χ0) is 18.7. The Kier molecular flexibility index (Phi) is 5.69. The van der Waals surface area contributed by atoms with Gasteiger partial charge in [-0.25, -0.2) is 4.79 Å². The van der Waals surface area contributed by atoms with Crippen molar-refractivity contribution in [3.05, 3.63) is 11.7 Å². The lowest BCUT2D eigenvalue weighted by Gasteiger charge is -2.29. The third-order valence-corrected chi connectivity index (χ3v) is 4.12. The lowest BCUT2D eigenvalue weighted by atomic mass is 9.96. The summed E-state index contributed by atoms with van der Waals surface area (Å²) in [5.41, 5.74) is -1.21. The van der Waals surface area contributed by atoms with Crippen LogP contribution in [0.25, 0.3) is 0 Å². The molecule has 2 rings (SSSR count). The number of aromatic nitrogens is 2. The first-order valence-electron chi connectivity index (χ1n) is 8.73. The number of nitrogens with one attached hydrogen (secondary N) is 1. The summed E-state index contributed by atoms with van der Waals surface area (Å²) in [5, 5.41) is 7.07. The van der Waals surface area contributed by atoms with E-state index < -0.39 is 17.2 Å². The van der Waals surface area contributed by atoms with Crippen LogP contribution in [0.4, 0.5) is 4.79 Å². The fourth-order valence-electron chi connectivity index (χ4n) is 2.90. The van der Waals surface area contributed by atoms with Crippen LogP contribution in [0.3, 0.4) is 0 Å². The molecule has 0 aliphatic heterocycles. The van der Waals surface area contributed by atoms with Crippen molar-refractivity contribution in [2.45, 2.75) is 70.9 Å². The van der Waals surface area contributed by atoms with E-state index in [2.05, 4.69) is 15.5 Å². The van der Waals surface area contributed by atoms with E-state index in [0.717, 1.165) is 25.7 Å². The predicted molar refractivity (Wildman–Crippen MR) is 90.8 cm³/mol. The minimum absolute atomic E-state index is 0.0881. The summed E-state index contributed by atoms with van der Waals surface area (Å²) in [4.78, 5) is 30.2. The second-order valence-electron chi connectivity index (χ2n) is 7.54. The molecule has 0 saturated heterocycles. The molecule has 1 aromatic heterocycles. The monoisotopic (exact) mass is 352 g/mol. The topological polar surface area (TPSA) is 97.6 Å². The standard InChI is InChI=1S/C17H28N4O4/c1-6-13-18-14(20-25-13)17(9-7-8-10-17)19-12(22)11-21(5)15(23)24-16(2,3)4/h6-11H2,1-5H3,(H,19,22). The van der Waals surface area contributed by atoms with Crippen LogP contribution >= 0.6 is 0 Å². The summed E-state index contributed by atoms with van der Waals surface area (Å²) in [6.07, 6.45) is 3.61. The number of carbonyl (C=O) groups is 2. The molecule has 8 heteroatoms. The molecule has 0 unspecified atom stereocenters. The highest BCUT2D eigenvalue weighted by Crippen LogP contribution is 2.37. The molecule has 1 aliphatic carbocycles. The van der Waals surface area contributed by atoms with Gasteiger partial charge in [-0.1, -0.05) is 24.9 Å². The Bertz CT molecular complexity index is 614. The van der Waals surface area contributed by atoms with Gasteiger partial charge in [-0.3, -0.25) is 4.79 Å². The number of rotatable bonds is 5. The van der Waals surface area contributed by atoms with Gasteiger partial charge < -0.3 is 19.5 Å². The fourth-order valence-corrected chi connectivity index (χ4v) is 2.90. The Labute approximate surface area is 148 Å². The first-order chi connectivity index (χ1) is 11.6. The summed E-state index contributed by atoms with van der Waals surface area (Å²) < 4.78 is 10.5. The maximum atomic E-state index is 12.5. The second-order valence-corrected chi connectivity index (χ2v) is 7.54. The Morgan fingerprint density at radius 3 is 2.48 bits per heavy atom. The number of aryl methyl sites for hydroxylation is 1. The van der Waals surface area contributed by atoms with E-state index in [1.807, 2.05) is 6.92 Å². The van der Waals surface area contributed by atoms with Crippen LogP contribution < -0.4 is 5.32 Å². The number of nitrogens with zero attached hydrogens (tertiary/aromatic N) is 3. The van der Waals surface area contributed by atoms with Crippen molar-refractivity contribution in [2.24, 2.45) is 0 Å². The van der Waals surface area contributed by atoms with E-state index in [4.69, 9.17) is 9.26 Å². The predicted octanol–water partition coefficient (Wildman–Crippen LogP) is 2.38. The molecule has 1 aliphatic rings. The van der Waals surface area contributed by atoms with E-state index >= 15 is 0 Å². The molecule has 8 nitrogen and oxygen atoms in total. The average molecular weight is 352 g/mol. The van der Waals surface area contributed by atoms with Crippen LogP contribution in [0.1, 0.15) is 65.1 Å². The van der Waals surface area contributed by atoms with Gasteiger partial charge in [0, 0.05) is 13.5 Å². The van der Waals surface area contributed by atoms with Gasteiger partial charge in [0.05, 0.1) is 0 Å². The Morgan fingerprint density at radius 1 is 1.32 bits per heavy atom. The number of hydrogen-bond donors (Lipinski definition) is 1. The molecule has 0 bridgehead atoms. The van der Waals surface area contributed by atoms with Gasteiger partial charge in [-0.05, 0) is 33.6 Å². The number of amides is 2. The highest BCUT2D eigenvalue weighted by Gasteiger charge is 2.41. The third-order valence-electron chi connectivity index (χ3n) is 4.12. The molecule has 2 amide bonds. The molecular formula is C17H28N4O4. The molecule has 1 saturated carbocycles. The Hall–Kier alpha value is -2.12. The largest absolute Gasteiger partial charge is 0.444 e. The van der Waals surface area contributed by atoms with Gasteiger partial charge in [0.2, 0.25) is 11.8 Å². The van der Waals surface area contributed by atoms with Crippen LogP contribution in [0.2, 0.25) is 0 Å². The van der Waals surface area contributed by atoms with Gasteiger partial charge in [-0.15, -0.1) is 0 Å². The first kappa shape index (κ1) is 19.2. The molecule has 25 heavy (non-hydrogen) atoms. The van der Waals surface area contributed by atoms with Crippen LogP contribution in [0.5, 0.6) is 0 Å². The summed E-state index contributed by atoms with van der Waals surface area (Å²) in [6, 6.07) is 0. The molecule has 1 heterocycles. The molecule has 0 aromatic carbocycles. The van der Waals surface area contributed by atoms with Crippen molar-refractivity contribution in [1.82, 2.24) is 20.4 Å². The van der Waals surface area contributed by atoms with Crippen LogP contribution in [-0.4, -0.2) is 46.2 Å². The number of carbonyl (C=O) groups excluding carboxylic acids is 2. The zero-order valence-corrected chi connectivity index (χ0v) is 15.7. The molecule has 0 radical (unpaired) electrons. The molecule has 1 N–H and O–H groups in total. The van der Waals surface area contributed by atoms with Crippen LogP contribution in [0.15, 0.2) is 4.52 Å². The van der Waals surface area contributed by atoms with Crippen LogP contribution in [0, 0.1) is 0 Å². The lowest BCUT2D eigenvalue weighted by Crippen LogP contribution is -2.49. The van der Waals surface area contributed by atoms with E-state index in [-0.39, 0.29) is 12.5 Å². The number of ether oxygens (including phenoxy) is 1. The minimum atomic E-state index is -0.608. The van der Waals surface area contributed by atoms with Crippen molar-refractivity contribution in [3.8, 4) is 0 Å². The first-order valence-corrected chi connectivity index (χ1v) is 8.73. The normalized spacial score (nSPS) is 16.5. The SMILES string of the molecule is CCc1nc(C2(NC(=O)CN(C)C(=O)OC(C)(C)C)CCCC2)no1.